The van der Waals surface area contributed by atoms with E-state index in [2.05, 4.69) is 0 Å². The van der Waals surface area contributed by atoms with Crippen molar-refractivity contribution >= 4 is 11.4 Å². The van der Waals surface area contributed by atoms with E-state index in [1.54, 1.807) is 0 Å². The summed E-state index contributed by atoms with van der Waals surface area (Å²) in [7, 11) is 0. The first-order chi connectivity index (χ1) is 8.11. The van der Waals surface area contributed by atoms with E-state index in [9.17, 15) is 20.2 Å². The minimum absolute atomic E-state index is 0.165. The van der Waals surface area contributed by atoms with Gasteiger partial charge in [-0.3, -0.25) is 20.2 Å². The third-order valence-electron chi connectivity index (χ3n) is 2.25. The summed E-state index contributed by atoms with van der Waals surface area (Å²) in [4.78, 5) is 20.2. The number of nitro benzene ring substituents is 2. The summed E-state index contributed by atoms with van der Waals surface area (Å²) in [5, 5.41) is 21.5. The Balaban J connectivity index is 2.62. The zero-order valence-electron chi connectivity index (χ0n) is 8.62. The lowest BCUT2D eigenvalue weighted by atomic mass is 10.2. The molecule has 0 aromatic heterocycles. The lowest BCUT2D eigenvalue weighted by Crippen LogP contribution is -2.00. The number of nitrogens with zero attached hydrogens (tertiary/aromatic N) is 2. The van der Waals surface area contributed by atoms with Crippen LogP contribution in [0, 0.1) is 20.2 Å². The Morgan fingerprint density at radius 3 is 1.71 bits per heavy atom. The fourth-order valence-corrected chi connectivity index (χ4v) is 1.52. The third-order valence-corrected chi connectivity index (χ3v) is 2.25. The number of ether oxygens (including phenoxy) is 2. The minimum Gasteiger partial charge on any atom is -0.484 e. The second kappa shape index (κ2) is 4.24. The van der Waals surface area contributed by atoms with Crippen LogP contribution in [-0.2, 0) is 0 Å². The number of benzene rings is 1. The van der Waals surface area contributed by atoms with Crippen LogP contribution in [-0.4, -0.2) is 23.1 Å². The first-order valence-electron chi connectivity index (χ1n) is 4.82. The van der Waals surface area contributed by atoms with Gasteiger partial charge in [0, 0.05) is 18.6 Å². The van der Waals surface area contributed by atoms with Crippen LogP contribution in [0.1, 0.15) is 6.42 Å². The summed E-state index contributed by atoms with van der Waals surface area (Å²) in [5.74, 6) is -0.330. The highest BCUT2D eigenvalue weighted by molar-refractivity contribution is 5.65. The molecular weight excluding hydrogens is 232 g/mol. The summed E-state index contributed by atoms with van der Waals surface area (Å²) in [6, 6.07) is 2.09. The molecule has 1 aliphatic rings. The van der Waals surface area contributed by atoms with Crippen molar-refractivity contribution in [2.24, 2.45) is 0 Å². The quantitative estimate of drug-likeness (QED) is 0.575. The number of rotatable bonds is 2. The van der Waals surface area contributed by atoms with Crippen molar-refractivity contribution in [2.45, 2.75) is 6.42 Å². The molecule has 0 amide bonds. The van der Waals surface area contributed by atoms with Gasteiger partial charge in [-0.2, -0.15) is 0 Å². The largest absolute Gasteiger partial charge is 0.484 e. The summed E-state index contributed by atoms with van der Waals surface area (Å²) in [5.41, 5.74) is -0.653. The smallest absolute Gasteiger partial charge is 0.315 e. The van der Waals surface area contributed by atoms with E-state index in [-0.39, 0.29) is 36.1 Å². The maximum atomic E-state index is 10.8. The average Bonchev–Trinajstić information content (AvgIpc) is 2.52. The van der Waals surface area contributed by atoms with Crippen LogP contribution in [0.3, 0.4) is 0 Å². The Hall–Kier alpha value is -2.38. The molecule has 8 heteroatoms. The summed E-state index contributed by atoms with van der Waals surface area (Å²) in [6.45, 7) is 0.462. The molecule has 2 rings (SSSR count). The van der Waals surface area contributed by atoms with E-state index in [0.717, 1.165) is 12.1 Å². The number of nitro groups is 2. The van der Waals surface area contributed by atoms with E-state index in [0.29, 0.717) is 6.42 Å². The second-order valence-electron chi connectivity index (χ2n) is 3.33. The standard InChI is InChI=1S/C9H8N2O6/c12-10(13)6-2-3-7(11(14)15)9-8(6)16-4-1-5-17-9/h2-3H,1,4-5H2. The van der Waals surface area contributed by atoms with Gasteiger partial charge in [0.05, 0.1) is 23.1 Å². The van der Waals surface area contributed by atoms with E-state index < -0.39 is 9.85 Å². The zero-order chi connectivity index (χ0) is 12.4. The van der Waals surface area contributed by atoms with E-state index in [1.165, 1.54) is 0 Å². The fraction of sp³-hybridized carbons (Fsp3) is 0.333. The number of hydrogen-bond donors (Lipinski definition) is 0. The van der Waals surface area contributed by atoms with Crippen molar-refractivity contribution in [1.82, 2.24) is 0 Å². The average molecular weight is 240 g/mol. The molecule has 1 aromatic rings. The van der Waals surface area contributed by atoms with Crippen LogP contribution in [0.15, 0.2) is 12.1 Å². The van der Waals surface area contributed by atoms with Gasteiger partial charge < -0.3 is 9.47 Å². The first kappa shape index (κ1) is 11.1. The normalized spacial score (nSPS) is 13.9. The monoisotopic (exact) mass is 240 g/mol. The van der Waals surface area contributed by atoms with Crippen molar-refractivity contribution in [2.75, 3.05) is 13.2 Å². The van der Waals surface area contributed by atoms with Crippen LogP contribution in [0.4, 0.5) is 11.4 Å². The van der Waals surface area contributed by atoms with Crippen LogP contribution in [0.25, 0.3) is 0 Å². The lowest BCUT2D eigenvalue weighted by molar-refractivity contribution is -0.390. The molecular formula is C9H8N2O6. The van der Waals surface area contributed by atoms with E-state index in [1.807, 2.05) is 0 Å². The molecule has 0 aliphatic carbocycles. The molecule has 0 N–H and O–H groups in total. The van der Waals surface area contributed by atoms with E-state index >= 15 is 0 Å². The molecule has 1 aromatic carbocycles. The third kappa shape index (κ3) is 1.96. The van der Waals surface area contributed by atoms with Gasteiger partial charge in [-0.05, 0) is 0 Å². The molecule has 0 unspecified atom stereocenters. The van der Waals surface area contributed by atoms with Crippen LogP contribution in [0.5, 0.6) is 11.5 Å². The fourth-order valence-electron chi connectivity index (χ4n) is 1.52. The van der Waals surface area contributed by atoms with Gasteiger partial charge in [0.2, 0.25) is 11.5 Å². The van der Waals surface area contributed by atoms with Crippen molar-refractivity contribution in [3.8, 4) is 11.5 Å². The lowest BCUT2D eigenvalue weighted by Gasteiger charge is -2.07. The topological polar surface area (TPSA) is 105 Å². The predicted octanol–water partition coefficient (Wildman–Crippen LogP) is 1.66. The second-order valence-corrected chi connectivity index (χ2v) is 3.33. The van der Waals surface area contributed by atoms with Gasteiger partial charge in [-0.15, -0.1) is 0 Å². The highest BCUT2D eigenvalue weighted by atomic mass is 16.6. The van der Waals surface area contributed by atoms with Gasteiger partial charge in [-0.1, -0.05) is 0 Å². The van der Waals surface area contributed by atoms with Crippen molar-refractivity contribution in [3.63, 3.8) is 0 Å². The van der Waals surface area contributed by atoms with E-state index in [4.69, 9.17) is 9.47 Å². The molecule has 0 atom stereocenters. The van der Waals surface area contributed by atoms with Crippen molar-refractivity contribution < 1.29 is 19.3 Å². The van der Waals surface area contributed by atoms with Crippen LogP contribution < -0.4 is 9.47 Å². The summed E-state index contributed by atoms with van der Waals surface area (Å²) < 4.78 is 10.3. The first-order valence-corrected chi connectivity index (χ1v) is 4.82. The Kier molecular flexibility index (Phi) is 2.77. The molecule has 0 bridgehead atoms. The Labute approximate surface area is 95.1 Å². The highest BCUT2D eigenvalue weighted by Crippen LogP contribution is 2.44. The maximum Gasteiger partial charge on any atom is 0.315 e. The zero-order valence-corrected chi connectivity index (χ0v) is 8.62. The molecule has 17 heavy (non-hydrogen) atoms. The molecule has 1 aliphatic heterocycles. The van der Waals surface area contributed by atoms with Crippen molar-refractivity contribution in [1.29, 1.82) is 0 Å². The summed E-state index contributed by atoms with van der Waals surface area (Å²) >= 11 is 0. The van der Waals surface area contributed by atoms with Gasteiger partial charge >= 0.3 is 11.4 Å². The molecule has 8 nitrogen and oxygen atoms in total. The minimum atomic E-state index is -0.656. The molecule has 0 fully saturated rings. The van der Waals surface area contributed by atoms with Gasteiger partial charge in [0.15, 0.2) is 0 Å². The van der Waals surface area contributed by atoms with Crippen molar-refractivity contribution in [3.05, 3.63) is 32.4 Å². The van der Waals surface area contributed by atoms with Crippen LogP contribution in [0.2, 0.25) is 0 Å². The Bertz CT molecular complexity index is 444. The SMILES string of the molecule is O=[N+]([O-])c1ccc([N+](=O)[O-])c2c1OCCCO2. The molecule has 1 heterocycles. The molecule has 90 valence electrons. The van der Waals surface area contributed by atoms with Crippen LogP contribution >= 0.6 is 0 Å². The predicted molar refractivity (Wildman–Crippen MR) is 55.4 cm³/mol. The Morgan fingerprint density at radius 1 is 0.941 bits per heavy atom. The molecule has 0 spiro atoms. The van der Waals surface area contributed by atoms with Gasteiger partial charge in [0.1, 0.15) is 0 Å². The highest BCUT2D eigenvalue weighted by Gasteiger charge is 2.30. The maximum absolute atomic E-state index is 10.8. The summed E-state index contributed by atoms with van der Waals surface area (Å²) in [6.07, 6.45) is 0.517. The number of fused-ring (bicyclic) bond motifs is 1. The number of hydrogen-bond acceptors (Lipinski definition) is 6. The molecule has 0 radical (unpaired) electrons. The van der Waals surface area contributed by atoms with Gasteiger partial charge in [0.25, 0.3) is 0 Å². The Morgan fingerprint density at radius 2 is 1.35 bits per heavy atom. The molecule has 0 saturated heterocycles. The van der Waals surface area contributed by atoms with Gasteiger partial charge in [-0.25, -0.2) is 0 Å². The molecule has 0 saturated carbocycles.